The van der Waals surface area contributed by atoms with Crippen molar-refractivity contribution < 1.29 is 14.6 Å². The number of rotatable bonds is 5. The lowest BCUT2D eigenvalue weighted by Gasteiger charge is -2.14. The van der Waals surface area contributed by atoms with Crippen molar-refractivity contribution in [2.45, 2.75) is 19.9 Å². The van der Waals surface area contributed by atoms with Gasteiger partial charge < -0.3 is 15.2 Å². The summed E-state index contributed by atoms with van der Waals surface area (Å²) in [6, 6.07) is -0.784. The van der Waals surface area contributed by atoms with Gasteiger partial charge in [-0.05, 0) is 13.5 Å². The molecular weight excluding hydrogens is 210 g/mol. The van der Waals surface area contributed by atoms with Gasteiger partial charge in [0.2, 0.25) is 5.88 Å². The number of likely N-dealkylation sites (N-methyl/N-ethyl adjacent to an activating group) is 1. The van der Waals surface area contributed by atoms with E-state index < -0.39 is 12.0 Å². The summed E-state index contributed by atoms with van der Waals surface area (Å²) < 4.78 is 6.71. The summed E-state index contributed by atoms with van der Waals surface area (Å²) in [6.45, 7) is 4.19. The number of hydrogen-bond acceptors (Lipinski definition) is 4. The average molecular weight is 227 g/mol. The lowest BCUT2D eigenvalue weighted by atomic mass is 10.1. The molecule has 0 aliphatic carbocycles. The molecule has 16 heavy (non-hydrogen) atoms. The number of hydrogen-bond donors (Lipinski definition) is 2. The molecule has 90 valence electrons. The highest BCUT2D eigenvalue weighted by atomic mass is 16.5. The molecule has 0 aromatic carbocycles. The van der Waals surface area contributed by atoms with Crippen molar-refractivity contribution in [3.05, 3.63) is 11.3 Å². The predicted octanol–water partition coefficient (Wildman–Crippen LogP) is 0.472. The van der Waals surface area contributed by atoms with Crippen molar-refractivity contribution in [2.24, 2.45) is 7.05 Å². The summed E-state index contributed by atoms with van der Waals surface area (Å²) in [7, 11) is 3.23. The van der Waals surface area contributed by atoms with Crippen molar-refractivity contribution in [3.8, 4) is 5.88 Å². The Morgan fingerprint density at radius 2 is 2.31 bits per heavy atom. The smallest absolute Gasteiger partial charge is 0.325 e. The van der Waals surface area contributed by atoms with Crippen LogP contribution in [-0.4, -0.2) is 34.5 Å². The van der Waals surface area contributed by atoms with Crippen LogP contribution in [0, 0.1) is 6.92 Å². The molecule has 1 aromatic heterocycles. The maximum Gasteiger partial charge on any atom is 0.325 e. The third-order valence-corrected chi connectivity index (χ3v) is 2.35. The number of carbonyl (C=O) groups is 1. The molecule has 6 heteroatoms. The molecule has 2 N–H and O–H groups in total. The summed E-state index contributed by atoms with van der Waals surface area (Å²) in [4.78, 5) is 11.2. The van der Waals surface area contributed by atoms with Crippen molar-refractivity contribution >= 4 is 5.97 Å². The van der Waals surface area contributed by atoms with E-state index in [1.165, 1.54) is 11.8 Å². The molecule has 1 rings (SSSR count). The third kappa shape index (κ3) is 2.16. The zero-order chi connectivity index (χ0) is 12.3. The summed E-state index contributed by atoms with van der Waals surface area (Å²) in [6.07, 6.45) is 0. The first-order valence-corrected chi connectivity index (χ1v) is 5.06. The molecule has 0 fully saturated rings. The Bertz CT molecular complexity index is 387. The molecule has 6 nitrogen and oxygen atoms in total. The first-order valence-electron chi connectivity index (χ1n) is 5.06. The number of aryl methyl sites for hydroxylation is 2. The topological polar surface area (TPSA) is 76.4 Å². The first kappa shape index (κ1) is 12.5. The number of carboxylic acids is 1. The third-order valence-electron chi connectivity index (χ3n) is 2.35. The maximum absolute atomic E-state index is 11.2. The van der Waals surface area contributed by atoms with Crippen LogP contribution < -0.4 is 10.1 Å². The zero-order valence-electron chi connectivity index (χ0n) is 9.94. The van der Waals surface area contributed by atoms with Gasteiger partial charge in [-0.25, -0.2) is 4.68 Å². The second kappa shape index (κ2) is 4.98. The van der Waals surface area contributed by atoms with E-state index >= 15 is 0 Å². The SMILES string of the molecule is CCNC(C(=O)O)c1c(C)nn(C)c1OC. The van der Waals surface area contributed by atoms with Gasteiger partial charge >= 0.3 is 5.97 Å². The van der Waals surface area contributed by atoms with E-state index in [2.05, 4.69) is 10.4 Å². The Kier molecular flexibility index (Phi) is 3.89. The molecule has 1 aromatic rings. The molecule has 0 aliphatic heterocycles. The lowest BCUT2D eigenvalue weighted by molar-refractivity contribution is -0.139. The van der Waals surface area contributed by atoms with E-state index in [4.69, 9.17) is 9.84 Å². The highest BCUT2D eigenvalue weighted by molar-refractivity contribution is 5.77. The predicted molar refractivity (Wildman–Crippen MR) is 58.6 cm³/mol. The minimum atomic E-state index is -0.934. The summed E-state index contributed by atoms with van der Waals surface area (Å²) in [5.41, 5.74) is 1.24. The highest BCUT2D eigenvalue weighted by Gasteiger charge is 2.27. The van der Waals surface area contributed by atoms with Crippen LogP contribution in [0.4, 0.5) is 0 Å². The molecule has 0 spiro atoms. The minimum Gasteiger partial charge on any atom is -0.481 e. The van der Waals surface area contributed by atoms with Gasteiger partial charge in [0.05, 0.1) is 18.4 Å². The largest absolute Gasteiger partial charge is 0.481 e. The Hall–Kier alpha value is -1.56. The van der Waals surface area contributed by atoms with Crippen LogP contribution in [0.1, 0.15) is 24.2 Å². The fourth-order valence-corrected chi connectivity index (χ4v) is 1.74. The molecule has 0 saturated carbocycles. The fraction of sp³-hybridized carbons (Fsp3) is 0.600. The average Bonchev–Trinajstić information content (AvgIpc) is 2.49. The Balaban J connectivity index is 3.22. The second-order valence-corrected chi connectivity index (χ2v) is 3.46. The summed E-state index contributed by atoms with van der Waals surface area (Å²) >= 11 is 0. The van der Waals surface area contributed by atoms with Gasteiger partial charge in [-0.1, -0.05) is 6.92 Å². The maximum atomic E-state index is 11.2. The standard InChI is InChI=1S/C10H17N3O3/c1-5-11-8(10(14)15)7-6(2)12-13(3)9(7)16-4/h8,11H,5H2,1-4H3,(H,14,15). The van der Waals surface area contributed by atoms with Crippen LogP contribution >= 0.6 is 0 Å². The van der Waals surface area contributed by atoms with Crippen LogP contribution in [0.2, 0.25) is 0 Å². The number of aliphatic carboxylic acids is 1. The lowest BCUT2D eigenvalue weighted by Crippen LogP contribution is -2.28. The Labute approximate surface area is 94.2 Å². The van der Waals surface area contributed by atoms with Crippen LogP contribution in [-0.2, 0) is 11.8 Å². The normalized spacial score (nSPS) is 12.5. The fourth-order valence-electron chi connectivity index (χ4n) is 1.74. The van der Waals surface area contributed by atoms with Crippen molar-refractivity contribution in [2.75, 3.05) is 13.7 Å². The van der Waals surface area contributed by atoms with Crippen LogP contribution in [0.5, 0.6) is 5.88 Å². The Morgan fingerprint density at radius 1 is 1.69 bits per heavy atom. The van der Waals surface area contributed by atoms with Gasteiger partial charge in [0.25, 0.3) is 0 Å². The van der Waals surface area contributed by atoms with Gasteiger partial charge in [0, 0.05) is 7.05 Å². The molecule has 0 saturated heterocycles. The molecule has 0 bridgehead atoms. The summed E-state index contributed by atoms with van der Waals surface area (Å²) in [5, 5.41) is 16.2. The number of methoxy groups -OCH3 is 1. The molecule has 0 aliphatic rings. The van der Waals surface area contributed by atoms with Gasteiger partial charge in [0.15, 0.2) is 0 Å². The quantitative estimate of drug-likeness (QED) is 0.764. The van der Waals surface area contributed by atoms with Crippen LogP contribution in [0.15, 0.2) is 0 Å². The molecule has 1 atom stereocenters. The van der Waals surface area contributed by atoms with Gasteiger partial charge in [-0.2, -0.15) is 5.10 Å². The molecule has 1 heterocycles. The number of ether oxygens (including phenoxy) is 1. The van der Waals surface area contributed by atoms with E-state index in [-0.39, 0.29) is 0 Å². The van der Waals surface area contributed by atoms with Crippen molar-refractivity contribution in [3.63, 3.8) is 0 Å². The first-order chi connectivity index (χ1) is 7.52. The van der Waals surface area contributed by atoms with E-state index in [9.17, 15) is 4.79 Å². The highest BCUT2D eigenvalue weighted by Crippen LogP contribution is 2.27. The van der Waals surface area contributed by atoms with Crippen molar-refractivity contribution in [1.82, 2.24) is 15.1 Å². The number of nitrogens with zero attached hydrogens (tertiary/aromatic N) is 2. The minimum absolute atomic E-state index is 0.478. The Morgan fingerprint density at radius 3 is 2.75 bits per heavy atom. The number of aromatic nitrogens is 2. The second-order valence-electron chi connectivity index (χ2n) is 3.46. The van der Waals surface area contributed by atoms with Gasteiger partial charge in [0.1, 0.15) is 6.04 Å². The van der Waals surface area contributed by atoms with E-state index in [1.54, 1.807) is 14.0 Å². The van der Waals surface area contributed by atoms with Gasteiger partial charge in [-0.15, -0.1) is 0 Å². The molecular formula is C10H17N3O3. The van der Waals surface area contributed by atoms with E-state index in [0.29, 0.717) is 23.7 Å². The summed E-state index contributed by atoms with van der Waals surface area (Å²) in [5.74, 6) is -0.456. The van der Waals surface area contributed by atoms with Crippen molar-refractivity contribution in [1.29, 1.82) is 0 Å². The van der Waals surface area contributed by atoms with E-state index in [0.717, 1.165) is 0 Å². The molecule has 1 unspecified atom stereocenters. The van der Waals surface area contributed by atoms with E-state index in [1.807, 2.05) is 6.92 Å². The van der Waals surface area contributed by atoms with Gasteiger partial charge in [-0.3, -0.25) is 4.79 Å². The molecule has 0 amide bonds. The monoisotopic (exact) mass is 227 g/mol. The number of nitrogens with one attached hydrogen (secondary N) is 1. The zero-order valence-corrected chi connectivity index (χ0v) is 9.94. The number of carboxylic acid groups (broad SMARTS) is 1. The van der Waals surface area contributed by atoms with Crippen LogP contribution in [0.3, 0.4) is 0 Å². The molecule has 0 radical (unpaired) electrons. The van der Waals surface area contributed by atoms with Crippen LogP contribution in [0.25, 0.3) is 0 Å².